The number of carbonyl (C=O) groups excluding carboxylic acids is 1. The average Bonchev–Trinajstić information content (AvgIpc) is 3.30. The van der Waals surface area contributed by atoms with Gasteiger partial charge in [0, 0.05) is 30.6 Å². The Kier molecular flexibility index (Phi) is 4.46. The normalized spacial score (nSPS) is 21.2. The summed E-state index contributed by atoms with van der Waals surface area (Å²) in [5.74, 6) is -0.121. The van der Waals surface area contributed by atoms with E-state index < -0.39 is 11.6 Å². The Bertz CT molecular complexity index is 1200. The Labute approximate surface area is 183 Å². The molecule has 6 rings (SSSR count). The van der Waals surface area contributed by atoms with Crippen LogP contribution in [0.25, 0.3) is 5.69 Å². The summed E-state index contributed by atoms with van der Waals surface area (Å²) in [6.45, 7) is 2.91. The van der Waals surface area contributed by atoms with Crippen LogP contribution in [0.4, 0.5) is 20.3 Å². The van der Waals surface area contributed by atoms with Crippen molar-refractivity contribution in [3.8, 4) is 5.69 Å². The zero-order chi connectivity index (χ0) is 21.8. The Morgan fingerprint density at radius 2 is 2.00 bits per heavy atom. The van der Waals surface area contributed by atoms with E-state index in [-0.39, 0.29) is 23.2 Å². The molecule has 0 unspecified atom stereocenters. The van der Waals surface area contributed by atoms with Gasteiger partial charge in [-0.1, -0.05) is 0 Å². The number of aromatic nitrogens is 3. The summed E-state index contributed by atoms with van der Waals surface area (Å²) in [5.41, 5.74) is 2.72. The van der Waals surface area contributed by atoms with Crippen molar-refractivity contribution in [3.05, 3.63) is 65.1 Å². The topological polar surface area (TPSA) is 72.3 Å². The third-order valence-electron chi connectivity index (χ3n) is 6.46. The fourth-order valence-corrected chi connectivity index (χ4v) is 4.76. The smallest absolute Gasteiger partial charge is 0.276 e. The van der Waals surface area contributed by atoms with Crippen LogP contribution in [0.1, 0.15) is 34.1 Å². The lowest BCUT2D eigenvalue weighted by Crippen LogP contribution is -2.36. The number of morpholine rings is 1. The molecule has 3 aliphatic rings. The molecular formula is C23H21F2N5O2. The van der Waals surface area contributed by atoms with E-state index >= 15 is 0 Å². The molecule has 1 aliphatic heterocycles. The van der Waals surface area contributed by atoms with E-state index in [0.717, 1.165) is 49.1 Å². The lowest BCUT2D eigenvalue weighted by Gasteiger charge is -2.27. The summed E-state index contributed by atoms with van der Waals surface area (Å²) in [6, 6.07) is 7.08. The van der Waals surface area contributed by atoms with Crippen LogP contribution in [0.3, 0.4) is 0 Å². The maximum atomic E-state index is 14.5. The Morgan fingerprint density at radius 1 is 1.16 bits per heavy atom. The van der Waals surface area contributed by atoms with Crippen LogP contribution in [-0.4, -0.2) is 47.0 Å². The molecule has 0 bridgehead atoms. The zero-order valence-electron chi connectivity index (χ0n) is 17.2. The van der Waals surface area contributed by atoms with Crippen molar-refractivity contribution in [2.45, 2.75) is 18.8 Å². The highest BCUT2D eigenvalue weighted by Gasteiger charge is 2.50. The number of halogens is 2. The molecule has 2 aliphatic carbocycles. The SMILES string of the molecule is O=C(Nc1ccc(N2CCOCC2)nc1)c1nn(-c2ccc(F)cc2F)c2c1C[C@H]1C[C@@H]21. The molecule has 1 amide bonds. The Balaban J connectivity index is 1.27. The second-order valence-electron chi connectivity index (χ2n) is 8.48. The Morgan fingerprint density at radius 3 is 2.75 bits per heavy atom. The quantitative estimate of drug-likeness (QED) is 0.678. The number of nitrogens with zero attached hydrogens (tertiary/aromatic N) is 4. The third-order valence-corrected chi connectivity index (χ3v) is 6.46. The number of hydrogen-bond donors (Lipinski definition) is 1. The van der Waals surface area contributed by atoms with Crippen LogP contribution < -0.4 is 10.2 Å². The number of pyridine rings is 1. The van der Waals surface area contributed by atoms with Gasteiger partial charge in [-0.25, -0.2) is 18.4 Å². The van der Waals surface area contributed by atoms with Gasteiger partial charge in [-0.05, 0) is 43.0 Å². The van der Waals surface area contributed by atoms with Gasteiger partial charge in [-0.3, -0.25) is 4.79 Å². The third kappa shape index (κ3) is 3.24. The van der Waals surface area contributed by atoms with E-state index in [1.807, 2.05) is 12.1 Å². The largest absolute Gasteiger partial charge is 0.378 e. The van der Waals surface area contributed by atoms with E-state index in [0.29, 0.717) is 24.8 Å². The van der Waals surface area contributed by atoms with Gasteiger partial charge in [-0.2, -0.15) is 5.10 Å². The molecule has 9 heteroatoms. The molecule has 2 aromatic heterocycles. The minimum Gasteiger partial charge on any atom is -0.378 e. The standard InChI is InChI=1S/C23H21F2N5O2/c24-14-1-3-19(18(25)11-14)30-22-16-9-13(16)10-17(22)21(28-30)23(31)27-15-2-4-20(26-12-15)29-5-7-32-8-6-29/h1-4,11-13,16H,5-10H2,(H,27,31)/t13-,16-/m1/s1. The number of benzene rings is 1. The number of amides is 1. The fraction of sp³-hybridized carbons (Fsp3) is 0.348. The first-order chi connectivity index (χ1) is 15.6. The van der Waals surface area contributed by atoms with Crippen molar-refractivity contribution in [2.24, 2.45) is 5.92 Å². The summed E-state index contributed by atoms with van der Waals surface area (Å²) in [6.07, 6.45) is 3.38. The maximum absolute atomic E-state index is 14.5. The van der Waals surface area contributed by atoms with Crippen molar-refractivity contribution < 1.29 is 18.3 Å². The summed E-state index contributed by atoms with van der Waals surface area (Å²) in [5, 5.41) is 7.32. The van der Waals surface area contributed by atoms with Gasteiger partial charge in [0.15, 0.2) is 11.5 Å². The van der Waals surface area contributed by atoms with Gasteiger partial charge in [0.1, 0.15) is 17.3 Å². The molecule has 32 heavy (non-hydrogen) atoms. The summed E-state index contributed by atoms with van der Waals surface area (Å²) >= 11 is 0. The molecule has 7 nitrogen and oxygen atoms in total. The molecule has 2 fully saturated rings. The van der Waals surface area contributed by atoms with Crippen molar-refractivity contribution in [1.29, 1.82) is 0 Å². The second-order valence-corrected chi connectivity index (χ2v) is 8.48. The molecule has 1 aromatic carbocycles. The van der Waals surface area contributed by atoms with Crippen molar-refractivity contribution in [1.82, 2.24) is 14.8 Å². The number of ether oxygens (including phenoxy) is 1. The molecular weight excluding hydrogens is 416 g/mol. The van der Waals surface area contributed by atoms with Gasteiger partial charge in [-0.15, -0.1) is 0 Å². The van der Waals surface area contributed by atoms with E-state index in [1.54, 1.807) is 6.20 Å². The van der Waals surface area contributed by atoms with Crippen LogP contribution in [0.2, 0.25) is 0 Å². The molecule has 1 saturated carbocycles. The highest BCUT2D eigenvalue weighted by atomic mass is 19.1. The molecule has 1 saturated heterocycles. The number of rotatable bonds is 4. The van der Waals surface area contributed by atoms with E-state index in [2.05, 4.69) is 20.3 Å². The first-order valence-electron chi connectivity index (χ1n) is 10.8. The minimum absolute atomic E-state index is 0.158. The van der Waals surface area contributed by atoms with Gasteiger partial charge in [0.2, 0.25) is 0 Å². The predicted octanol–water partition coefficient (Wildman–Crippen LogP) is 3.29. The first-order valence-corrected chi connectivity index (χ1v) is 10.8. The van der Waals surface area contributed by atoms with Crippen LogP contribution in [-0.2, 0) is 11.2 Å². The average molecular weight is 437 g/mol. The van der Waals surface area contributed by atoms with Crippen LogP contribution in [0.5, 0.6) is 0 Å². The lowest BCUT2D eigenvalue weighted by atomic mass is 10.1. The predicted molar refractivity (Wildman–Crippen MR) is 113 cm³/mol. The summed E-state index contributed by atoms with van der Waals surface area (Å²) < 4.78 is 34.7. The lowest BCUT2D eigenvalue weighted by molar-refractivity contribution is 0.102. The molecule has 3 aromatic rings. The maximum Gasteiger partial charge on any atom is 0.276 e. The van der Waals surface area contributed by atoms with Crippen molar-refractivity contribution in [2.75, 3.05) is 36.5 Å². The van der Waals surface area contributed by atoms with E-state index in [9.17, 15) is 13.6 Å². The van der Waals surface area contributed by atoms with E-state index in [4.69, 9.17) is 4.74 Å². The van der Waals surface area contributed by atoms with Crippen molar-refractivity contribution >= 4 is 17.4 Å². The highest BCUT2D eigenvalue weighted by Crippen LogP contribution is 2.57. The summed E-state index contributed by atoms with van der Waals surface area (Å²) in [4.78, 5) is 19.7. The molecule has 2 atom stereocenters. The number of carbonyl (C=O) groups is 1. The number of nitrogens with one attached hydrogen (secondary N) is 1. The van der Waals surface area contributed by atoms with E-state index in [1.165, 1.54) is 16.8 Å². The van der Waals surface area contributed by atoms with Gasteiger partial charge in [0.05, 0.1) is 30.8 Å². The number of hydrogen-bond acceptors (Lipinski definition) is 5. The van der Waals surface area contributed by atoms with Crippen LogP contribution >= 0.6 is 0 Å². The van der Waals surface area contributed by atoms with Gasteiger partial charge in [0.25, 0.3) is 5.91 Å². The zero-order valence-corrected chi connectivity index (χ0v) is 17.2. The minimum atomic E-state index is -0.700. The van der Waals surface area contributed by atoms with Crippen molar-refractivity contribution in [3.63, 3.8) is 0 Å². The van der Waals surface area contributed by atoms with Gasteiger partial charge < -0.3 is 15.0 Å². The molecule has 1 N–H and O–H groups in total. The number of fused-ring (bicyclic) bond motifs is 3. The fourth-order valence-electron chi connectivity index (χ4n) is 4.76. The summed E-state index contributed by atoms with van der Waals surface area (Å²) in [7, 11) is 0. The Hall–Kier alpha value is -3.33. The van der Waals surface area contributed by atoms with Crippen LogP contribution in [0, 0.1) is 17.6 Å². The molecule has 0 spiro atoms. The number of anilines is 2. The van der Waals surface area contributed by atoms with Gasteiger partial charge >= 0.3 is 0 Å². The first kappa shape index (κ1) is 19.4. The highest BCUT2D eigenvalue weighted by molar-refractivity contribution is 6.04. The second kappa shape index (κ2) is 7.37. The van der Waals surface area contributed by atoms with Crippen LogP contribution in [0.15, 0.2) is 36.5 Å². The molecule has 164 valence electrons. The molecule has 0 radical (unpaired) electrons. The molecule has 3 heterocycles. The monoisotopic (exact) mass is 437 g/mol.